The van der Waals surface area contributed by atoms with E-state index in [-0.39, 0.29) is 12.5 Å². The largest absolute Gasteiger partial charge is 0.756 e. The fraction of sp³-hybridized carbons (Fsp3) is 0.772. The van der Waals surface area contributed by atoms with E-state index in [1.807, 2.05) is 27.2 Å². The van der Waals surface area contributed by atoms with E-state index in [4.69, 9.17) is 9.05 Å². The van der Waals surface area contributed by atoms with Crippen LogP contribution in [0.25, 0.3) is 0 Å². The van der Waals surface area contributed by atoms with Gasteiger partial charge in [0.15, 0.2) is 0 Å². The number of rotatable bonds is 49. The smallest absolute Gasteiger partial charge is 0.268 e. The summed E-state index contributed by atoms with van der Waals surface area (Å²) in [6.07, 6.45) is 65.4. The minimum Gasteiger partial charge on any atom is -0.756 e. The quantitative estimate of drug-likeness (QED) is 0.0272. The number of quaternary nitrogens is 1. The average Bonchev–Trinajstić information content (AvgIpc) is 3.28. The van der Waals surface area contributed by atoms with Crippen molar-refractivity contribution in [3.63, 3.8) is 0 Å². The minimum atomic E-state index is -4.61. The molecule has 0 aromatic carbocycles. The second-order valence-electron chi connectivity index (χ2n) is 19.6. The molecule has 0 aliphatic heterocycles. The molecular formula is C57H105N2O6P. The van der Waals surface area contributed by atoms with Crippen molar-refractivity contribution in [2.45, 2.75) is 244 Å². The standard InChI is InChI=1S/C57H105N2O6P/c1-6-8-10-12-14-16-18-20-22-24-26-28-29-31-33-35-37-39-41-43-45-47-49-51-57(61)58-55(54-65-66(62,63)64-53-52-59(3,4)5)56(60)50-48-46-44-42-40-38-36-34-32-30-27-25-23-21-19-17-15-13-11-9-7-2/h18,20,24,26,29,31-32,34,40,42,48,50,55-56,60H,6-17,19,21-23,25,27-28,30,33,35-39,41,43-47,49,51-54H2,1-5H3,(H-,58,61,62,63)/b20-18-,26-24-,31-29-,34-32+,42-40+,50-48+. The summed E-state index contributed by atoms with van der Waals surface area (Å²) < 4.78 is 23.3. The third-order valence-electron chi connectivity index (χ3n) is 11.9. The van der Waals surface area contributed by atoms with Gasteiger partial charge in [0.05, 0.1) is 39.9 Å². The lowest BCUT2D eigenvalue weighted by Gasteiger charge is -2.29. The highest BCUT2D eigenvalue weighted by Crippen LogP contribution is 2.38. The molecule has 0 rings (SSSR count). The first kappa shape index (κ1) is 63.9. The van der Waals surface area contributed by atoms with E-state index in [1.165, 1.54) is 141 Å². The van der Waals surface area contributed by atoms with E-state index >= 15 is 0 Å². The number of likely N-dealkylation sites (N-methyl/N-ethyl adjacent to an activating group) is 1. The number of aliphatic hydroxyl groups excluding tert-OH is 1. The van der Waals surface area contributed by atoms with E-state index < -0.39 is 26.6 Å². The van der Waals surface area contributed by atoms with Gasteiger partial charge in [-0.15, -0.1) is 0 Å². The Bertz CT molecular complexity index is 1300. The first-order valence-corrected chi connectivity index (χ1v) is 28.8. The summed E-state index contributed by atoms with van der Waals surface area (Å²) in [5.41, 5.74) is 0. The SMILES string of the molecule is CCCCCCC/C=C\C/C=C\C/C=C\CCCCCCCCCCC(=O)NC(COP(=O)([O-])OCC[N+](C)(C)C)C(O)/C=C/CC/C=C/CC/C=C/CCCCCCCCCCCCC. The second kappa shape index (κ2) is 48.0. The van der Waals surface area contributed by atoms with Gasteiger partial charge in [-0.1, -0.05) is 215 Å². The predicted octanol–water partition coefficient (Wildman–Crippen LogP) is 15.7. The van der Waals surface area contributed by atoms with Crippen molar-refractivity contribution in [1.82, 2.24) is 5.32 Å². The monoisotopic (exact) mass is 945 g/mol. The first-order valence-electron chi connectivity index (χ1n) is 27.3. The lowest BCUT2D eigenvalue weighted by atomic mass is 10.1. The highest BCUT2D eigenvalue weighted by Gasteiger charge is 2.23. The Kier molecular flexibility index (Phi) is 46.5. The van der Waals surface area contributed by atoms with Crippen molar-refractivity contribution in [2.24, 2.45) is 0 Å². The van der Waals surface area contributed by atoms with E-state index in [2.05, 4.69) is 79.9 Å². The summed E-state index contributed by atoms with van der Waals surface area (Å²) in [6.45, 7) is 4.61. The highest BCUT2D eigenvalue weighted by atomic mass is 31.2. The van der Waals surface area contributed by atoms with Crippen LogP contribution in [-0.2, 0) is 18.4 Å². The van der Waals surface area contributed by atoms with Crippen LogP contribution in [0.4, 0.5) is 0 Å². The van der Waals surface area contributed by atoms with Crippen LogP contribution in [0.15, 0.2) is 72.9 Å². The Labute approximate surface area is 408 Å². The second-order valence-corrected chi connectivity index (χ2v) is 21.0. The molecule has 3 unspecified atom stereocenters. The Morgan fingerprint density at radius 1 is 0.530 bits per heavy atom. The maximum atomic E-state index is 12.9. The number of aliphatic hydroxyl groups is 1. The zero-order valence-corrected chi connectivity index (χ0v) is 44.5. The molecule has 0 fully saturated rings. The van der Waals surface area contributed by atoms with Crippen molar-refractivity contribution in [1.29, 1.82) is 0 Å². The van der Waals surface area contributed by atoms with Gasteiger partial charge >= 0.3 is 0 Å². The van der Waals surface area contributed by atoms with Crippen LogP contribution >= 0.6 is 7.82 Å². The van der Waals surface area contributed by atoms with E-state index in [1.54, 1.807) is 6.08 Å². The third-order valence-corrected chi connectivity index (χ3v) is 12.8. The Morgan fingerprint density at radius 3 is 1.33 bits per heavy atom. The van der Waals surface area contributed by atoms with Gasteiger partial charge in [-0.25, -0.2) is 0 Å². The van der Waals surface area contributed by atoms with Crippen molar-refractivity contribution >= 4 is 13.7 Å². The third kappa shape index (κ3) is 49.8. The summed E-state index contributed by atoms with van der Waals surface area (Å²) in [5, 5.41) is 13.8. The van der Waals surface area contributed by atoms with Crippen LogP contribution in [0.3, 0.4) is 0 Å². The maximum Gasteiger partial charge on any atom is 0.268 e. The molecule has 0 bridgehead atoms. The molecule has 0 radical (unpaired) electrons. The first-order chi connectivity index (χ1) is 32.0. The molecule has 2 N–H and O–H groups in total. The summed E-state index contributed by atoms with van der Waals surface area (Å²) in [7, 11) is 1.22. The molecule has 0 spiro atoms. The van der Waals surface area contributed by atoms with Crippen LogP contribution in [0.1, 0.15) is 232 Å². The lowest BCUT2D eigenvalue weighted by molar-refractivity contribution is -0.870. The van der Waals surface area contributed by atoms with Crippen molar-refractivity contribution in [2.75, 3.05) is 40.9 Å². The summed E-state index contributed by atoms with van der Waals surface area (Å²) in [5.74, 6) is -0.220. The summed E-state index contributed by atoms with van der Waals surface area (Å²) >= 11 is 0. The van der Waals surface area contributed by atoms with Crippen LogP contribution < -0.4 is 10.2 Å². The molecule has 1 amide bonds. The van der Waals surface area contributed by atoms with Gasteiger partial charge in [0.25, 0.3) is 7.82 Å². The lowest BCUT2D eigenvalue weighted by Crippen LogP contribution is -2.45. The molecule has 0 saturated heterocycles. The van der Waals surface area contributed by atoms with Crippen LogP contribution in [-0.4, -0.2) is 68.5 Å². The van der Waals surface area contributed by atoms with Crippen molar-refractivity contribution in [3.8, 4) is 0 Å². The molecule has 8 nitrogen and oxygen atoms in total. The molecule has 0 aromatic heterocycles. The fourth-order valence-corrected chi connectivity index (χ4v) is 8.27. The zero-order chi connectivity index (χ0) is 48.5. The van der Waals surface area contributed by atoms with Gasteiger partial charge in [0, 0.05) is 6.42 Å². The average molecular weight is 945 g/mol. The summed E-state index contributed by atoms with van der Waals surface area (Å²) in [4.78, 5) is 25.5. The summed E-state index contributed by atoms with van der Waals surface area (Å²) in [6, 6.07) is -0.918. The van der Waals surface area contributed by atoms with Gasteiger partial charge in [0.2, 0.25) is 5.91 Å². The van der Waals surface area contributed by atoms with Crippen LogP contribution in [0.5, 0.6) is 0 Å². The zero-order valence-electron chi connectivity index (χ0n) is 43.6. The number of carbonyl (C=O) groups excluding carboxylic acids is 1. The minimum absolute atomic E-state index is 0.0136. The molecule has 9 heteroatoms. The van der Waals surface area contributed by atoms with E-state index in [9.17, 15) is 19.4 Å². The molecule has 66 heavy (non-hydrogen) atoms. The number of nitrogens with one attached hydrogen (secondary N) is 1. The van der Waals surface area contributed by atoms with Gasteiger partial charge in [-0.2, -0.15) is 0 Å². The number of phosphoric ester groups is 1. The molecule has 0 heterocycles. The predicted molar refractivity (Wildman–Crippen MR) is 284 cm³/mol. The number of unbranched alkanes of at least 4 members (excludes halogenated alkanes) is 26. The van der Waals surface area contributed by atoms with Crippen LogP contribution in [0, 0.1) is 0 Å². The molecule has 0 saturated carbocycles. The van der Waals surface area contributed by atoms with Crippen molar-refractivity contribution < 1.29 is 32.9 Å². The Hall–Kier alpha value is -2.06. The number of hydrogen-bond acceptors (Lipinski definition) is 6. The van der Waals surface area contributed by atoms with Crippen molar-refractivity contribution in [3.05, 3.63) is 72.9 Å². The number of amides is 1. The maximum absolute atomic E-state index is 12.9. The number of carbonyl (C=O) groups is 1. The van der Waals surface area contributed by atoms with Gasteiger partial charge in [-0.3, -0.25) is 9.36 Å². The molecule has 3 atom stereocenters. The number of phosphoric acid groups is 1. The Morgan fingerprint density at radius 2 is 0.894 bits per heavy atom. The number of allylic oxidation sites excluding steroid dienone is 11. The molecular weight excluding hydrogens is 840 g/mol. The van der Waals surface area contributed by atoms with Gasteiger partial charge in [0.1, 0.15) is 13.2 Å². The fourth-order valence-electron chi connectivity index (χ4n) is 7.54. The molecule has 0 aliphatic rings. The molecule has 0 aromatic rings. The Balaban J connectivity index is 4.37. The molecule has 384 valence electrons. The topological polar surface area (TPSA) is 108 Å². The normalized spacial score (nSPS) is 14.6. The van der Waals surface area contributed by atoms with E-state index in [0.29, 0.717) is 17.4 Å². The number of hydrogen-bond donors (Lipinski definition) is 2. The van der Waals surface area contributed by atoms with Gasteiger partial charge in [-0.05, 0) is 83.5 Å². The number of nitrogens with zero attached hydrogens (tertiary/aromatic N) is 1. The highest BCUT2D eigenvalue weighted by molar-refractivity contribution is 7.45. The van der Waals surface area contributed by atoms with Crippen LogP contribution in [0.2, 0.25) is 0 Å². The van der Waals surface area contributed by atoms with E-state index in [0.717, 1.165) is 70.6 Å². The molecule has 0 aliphatic carbocycles. The van der Waals surface area contributed by atoms with Gasteiger partial charge < -0.3 is 28.8 Å².